The van der Waals surface area contributed by atoms with Crippen molar-refractivity contribution in [3.05, 3.63) is 18.1 Å². The maximum atomic E-state index is 12.7. The number of hydrogen-bond acceptors (Lipinski definition) is 7. The summed E-state index contributed by atoms with van der Waals surface area (Å²) in [5.74, 6) is 0.862. The summed E-state index contributed by atoms with van der Waals surface area (Å²) in [6.45, 7) is 6.67. The lowest BCUT2D eigenvalue weighted by molar-refractivity contribution is -0.141. The van der Waals surface area contributed by atoms with Gasteiger partial charge in [-0.2, -0.15) is 5.26 Å². The average Bonchev–Trinajstić information content (AvgIpc) is 3.00. The fraction of sp³-hybridized carbons (Fsp3) is 0.588. The van der Waals surface area contributed by atoms with Crippen LogP contribution in [0.2, 0.25) is 0 Å². The zero-order valence-electron chi connectivity index (χ0n) is 14.6. The molecule has 1 aromatic rings. The van der Waals surface area contributed by atoms with Crippen LogP contribution in [0.25, 0.3) is 0 Å². The predicted octanol–water partition coefficient (Wildman–Crippen LogP) is 1.19. The van der Waals surface area contributed by atoms with Gasteiger partial charge in [0.05, 0.1) is 5.71 Å². The number of carbonyl (C=O) groups excluding carboxylic acids is 1. The summed E-state index contributed by atoms with van der Waals surface area (Å²) in [5.41, 5.74) is 1.25. The normalized spacial score (nSPS) is 20.7. The van der Waals surface area contributed by atoms with E-state index in [0.717, 1.165) is 18.7 Å². The zero-order chi connectivity index (χ0) is 17.8. The molecule has 25 heavy (non-hydrogen) atoms. The molecule has 0 N–H and O–H groups in total. The molecule has 1 fully saturated rings. The number of nitriles is 1. The van der Waals surface area contributed by atoms with Crippen LogP contribution in [-0.4, -0.2) is 58.8 Å². The number of rotatable bonds is 3. The van der Waals surface area contributed by atoms with Crippen molar-refractivity contribution < 1.29 is 9.63 Å². The van der Waals surface area contributed by atoms with Crippen LogP contribution in [-0.2, 0) is 9.63 Å². The van der Waals surface area contributed by atoms with Crippen LogP contribution in [0.5, 0.6) is 0 Å². The molecule has 1 atom stereocenters. The van der Waals surface area contributed by atoms with Crippen molar-refractivity contribution in [2.75, 3.05) is 31.1 Å². The minimum absolute atomic E-state index is 0.0131. The molecule has 8 heteroatoms. The Labute approximate surface area is 147 Å². The van der Waals surface area contributed by atoms with E-state index in [9.17, 15) is 10.1 Å². The second-order valence-corrected chi connectivity index (χ2v) is 6.54. The SMILES string of the molecule is CC(C)C1=NOC(C(=O)N2CCCN(c3nccnc3C#N)CC2)C1. The third-order valence-electron chi connectivity index (χ3n) is 4.53. The van der Waals surface area contributed by atoms with Crippen molar-refractivity contribution in [3.8, 4) is 6.07 Å². The molecule has 0 saturated carbocycles. The van der Waals surface area contributed by atoms with Crippen molar-refractivity contribution in [3.63, 3.8) is 0 Å². The van der Waals surface area contributed by atoms with E-state index in [0.29, 0.717) is 43.5 Å². The first-order chi connectivity index (χ1) is 12.1. The van der Waals surface area contributed by atoms with Crippen molar-refractivity contribution >= 4 is 17.4 Å². The highest BCUT2D eigenvalue weighted by molar-refractivity contribution is 5.93. The summed E-state index contributed by atoms with van der Waals surface area (Å²) < 4.78 is 0. The third kappa shape index (κ3) is 3.71. The number of amides is 1. The summed E-state index contributed by atoms with van der Waals surface area (Å²) in [6.07, 6.45) is 3.97. The molecule has 0 bridgehead atoms. The monoisotopic (exact) mass is 342 g/mol. The summed E-state index contributed by atoms with van der Waals surface area (Å²) in [4.78, 5) is 30.3. The molecule has 0 spiro atoms. The summed E-state index contributed by atoms with van der Waals surface area (Å²) in [6, 6.07) is 2.08. The Hall–Kier alpha value is -2.69. The smallest absolute Gasteiger partial charge is 0.266 e. The molecule has 1 unspecified atom stereocenters. The molecular formula is C17H22N6O2. The standard InChI is InChI=1S/C17H22N6O2/c1-12(2)13-10-15(25-21-13)17(24)23-7-3-6-22(8-9-23)16-14(11-18)19-4-5-20-16/h4-5,12,15H,3,6-10H2,1-2H3. The predicted molar refractivity (Wildman–Crippen MR) is 91.9 cm³/mol. The van der Waals surface area contributed by atoms with Crippen LogP contribution in [0.1, 0.15) is 32.4 Å². The molecule has 0 radical (unpaired) electrons. The molecule has 0 aliphatic carbocycles. The maximum absolute atomic E-state index is 12.7. The summed E-state index contributed by atoms with van der Waals surface area (Å²) in [7, 11) is 0. The largest absolute Gasteiger partial charge is 0.382 e. The Morgan fingerprint density at radius 3 is 2.80 bits per heavy atom. The van der Waals surface area contributed by atoms with Crippen LogP contribution < -0.4 is 4.90 Å². The molecule has 132 valence electrons. The van der Waals surface area contributed by atoms with E-state index in [-0.39, 0.29) is 5.91 Å². The minimum Gasteiger partial charge on any atom is -0.382 e. The second-order valence-electron chi connectivity index (χ2n) is 6.54. The van der Waals surface area contributed by atoms with Crippen LogP contribution in [0, 0.1) is 17.2 Å². The van der Waals surface area contributed by atoms with Gasteiger partial charge in [0.25, 0.3) is 5.91 Å². The van der Waals surface area contributed by atoms with Gasteiger partial charge in [0.2, 0.25) is 6.10 Å². The van der Waals surface area contributed by atoms with Gasteiger partial charge in [-0.25, -0.2) is 9.97 Å². The number of hydrogen-bond donors (Lipinski definition) is 0. The van der Waals surface area contributed by atoms with E-state index in [1.807, 2.05) is 23.6 Å². The molecule has 1 amide bonds. The number of nitrogens with zero attached hydrogens (tertiary/aromatic N) is 6. The Bertz CT molecular complexity index is 711. The van der Waals surface area contributed by atoms with Gasteiger partial charge in [-0.05, 0) is 12.3 Å². The number of carbonyl (C=O) groups is 1. The molecule has 3 heterocycles. The fourth-order valence-electron chi connectivity index (χ4n) is 3.06. The highest BCUT2D eigenvalue weighted by Crippen LogP contribution is 2.20. The van der Waals surface area contributed by atoms with Gasteiger partial charge in [-0.1, -0.05) is 19.0 Å². The van der Waals surface area contributed by atoms with Crippen molar-refractivity contribution in [1.29, 1.82) is 5.26 Å². The van der Waals surface area contributed by atoms with Gasteiger partial charge in [-0.15, -0.1) is 0 Å². The summed E-state index contributed by atoms with van der Waals surface area (Å²) >= 11 is 0. The van der Waals surface area contributed by atoms with E-state index >= 15 is 0 Å². The summed E-state index contributed by atoms with van der Waals surface area (Å²) in [5, 5.41) is 13.2. The maximum Gasteiger partial charge on any atom is 0.266 e. The Morgan fingerprint density at radius 1 is 1.28 bits per heavy atom. The second kappa shape index (κ2) is 7.47. The first kappa shape index (κ1) is 17.1. The molecule has 0 aromatic carbocycles. The first-order valence-electron chi connectivity index (χ1n) is 8.57. The highest BCUT2D eigenvalue weighted by atomic mass is 16.6. The number of aromatic nitrogens is 2. The molecular weight excluding hydrogens is 320 g/mol. The van der Waals surface area contributed by atoms with Gasteiger partial charge in [0.1, 0.15) is 6.07 Å². The van der Waals surface area contributed by atoms with Gasteiger partial charge in [0, 0.05) is 45.0 Å². The van der Waals surface area contributed by atoms with Crippen LogP contribution in [0.4, 0.5) is 5.82 Å². The van der Waals surface area contributed by atoms with E-state index < -0.39 is 6.10 Å². The quantitative estimate of drug-likeness (QED) is 0.819. The lowest BCUT2D eigenvalue weighted by Crippen LogP contribution is -2.41. The Morgan fingerprint density at radius 2 is 2.08 bits per heavy atom. The van der Waals surface area contributed by atoms with E-state index in [2.05, 4.69) is 21.2 Å². The zero-order valence-corrected chi connectivity index (χ0v) is 14.6. The van der Waals surface area contributed by atoms with Gasteiger partial charge >= 0.3 is 0 Å². The number of oxime groups is 1. The van der Waals surface area contributed by atoms with E-state index in [4.69, 9.17) is 4.84 Å². The fourth-order valence-corrected chi connectivity index (χ4v) is 3.06. The molecule has 1 aromatic heterocycles. The molecule has 2 aliphatic heterocycles. The first-order valence-corrected chi connectivity index (χ1v) is 8.57. The van der Waals surface area contributed by atoms with Gasteiger partial charge in [-0.3, -0.25) is 4.79 Å². The van der Waals surface area contributed by atoms with Crippen molar-refractivity contribution in [1.82, 2.24) is 14.9 Å². The molecule has 3 rings (SSSR count). The molecule has 2 aliphatic rings. The third-order valence-corrected chi connectivity index (χ3v) is 4.53. The van der Waals surface area contributed by atoms with E-state index in [1.54, 1.807) is 6.20 Å². The Balaban J connectivity index is 1.62. The van der Waals surface area contributed by atoms with Gasteiger partial charge in [0.15, 0.2) is 11.5 Å². The molecule has 8 nitrogen and oxygen atoms in total. The van der Waals surface area contributed by atoms with Crippen LogP contribution in [0.3, 0.4) is 0 Å². The van der Waals surface area contributed by atoms with Gasteiger partial charge < -0.3 is 14.6 Å². The number of anilines is 1. The lowest BCUT2D eigenvalue weighted by Gasteiger charge is -2.24. The Kier molecular flexibility index (Phi) is 5.12. The average molecular weight is 342 g/mol. The van der Waals surface area contributed by atoms with Crippen molar-refractivity contribution in [2.45, 2.75) is 32.8 Å². The highest BCUT2D eigenvalue weighted by Gasteiger charge is 2.33. The lowest BCUT2D eigenvalue weighted by atomic mass is 10.0. The topological polar surface area (TPSA) is 94.7 Å². The van der Waals surface area contributed by atoms with Crippen LogP contribution >= 0.6 is 0 Å². The van der Waals surface area contributed by atoms with E-state index in [1.165, 1.54) is 6.20 Å². The van der Waals surface area contributed by atoms with Crippen LogP contribution in [0.15, 0.2) is 17.5 Å². The molecule has 1 saturated heterocycles. The minimum atomic E-state index is -0.505. The van der Waals surface area contributed by atoms with Crippen molar-refractivity contribution in [2.24, 2.45) is 11.1 Å².